The van der Waals surface area contributed by atoms with E-state index in [1.807, 2.05) is 6.92 Å². The Labute approximate surface area is 98.9 Å². The summed E-state index contributed by atoms with van der Waals surface area (Å²) in [6, 6.07) is 4.26. The van der Waals surface area contributed by atoms with Crippen LogP contribution in [0.5, 0.6) is 0 Å². The van der Waals surface area contributed by atoms with Crippen molar-refractivity contribution in [3.05, 3.63) is 36.2 Å². The van der Waals surface area contributed by atoms with E-state index >= 15 is 0 Å². The van der Waals surface area contributed by atoms with Crippen molar-refractivity contribution in [3.8, 4) is 5.69 Å². The zero-order valence-electron chi connectivity index (χ0n) is 9.16. The molecule has 0 saturated heterocycles. The molecule has 0 radical (unpaired) electrons. The second-order valence-electron chi connectivity index (χ2n) is 3.73. The summed E-state index contributed by atoms with van der Waals surface area (Å²) in [6.07, 6.45) is 3.40. The number of hydrogen-bond donors (Lipinski definition) is 2. The summed E-state index contributed by atoms with van der Waals surface area (Å²) in [5.41, 5.74) is 7.65. The number of aryl methyl sites for hydroxylation is 1. The molecule has 2 aromatic rings. The Morgan fingerprint density at radius 1 is 1.35 bits per heavy atom. The number of aromatic nitrogens is 2. The van der Waals surface area contributed by atoms with E-state index in [9.17, 15) is 8.42 Å². The van der Waals surface area contributed by atoms with Gasteiger partial charge in [0.25, 0.3) is 0 Å². The van der Waals surface area contributed by atoms with Crippen LogP contribution in [0.4, 0.5) is 5.69 Å². The van der Waals surface area contributed by atoms with Gasteiger partial charge in [0.2, 0.25) is 10.0 Å². The van der Waals surface area contributed by atoms with Gasteiger partial charge in [0, 0.05) is 6.20 Å². The number of anilines is 1. The lowest BCUT2D eigenvalue weighted by molar-refractivity contribution is 0.597. The van der Waals surface area contributed by atoms with Crippen LogP contribution < -0.4 is 10.9 Å². The topological polar surface area (TPSA) is 104 Å². The van der Waals surface area contributed by atoms with Gasteiger partial charge in [0.15, 0.2) is 0 Å². The zero-order valence-corrected chi connectivity index (χ0v) is 9.98. The molecule has 0 aliphatic carbocycles. The maximum absolute atomic E-state index is 11.2. The lowest BCUT2D eigenvalue weighted by Gasteiger charge is -2.07. The predicted molar refractivity (Wildman–Crippen MR) is 64.1 cm³/mol. The average Bonchev–Trinajstić information content (AvgIpc) is 2.63. The predicted octanol–water partition coefficient (Wildman–Crippen LogP) is 0.410. The summed E-state index contributed by atoms with van der Waals surface area (Å²) >= 11 is 0. The minimum atomic E-state index is -3.74. The molecule has 0 atom stereocenters. The molecule has 0 amide bonds. The molecule has 4 N–H and O–H groups in total. The Morgan fingerprint density at radius 3 is 2.59 bits per heavy atom. The van der Waals surface area contributed by atoms with Crippen molar-refractivity contribution in [2.75, 3.05) is 5.73 Å². The van der Waals surface area contributed by atoms with Crippen LogP contribution in [-0.2, 0) is 10.0 Å². The lowest BCUT2D eigenvalue weighted by Crippen LogP contribution is -2.13. The minimum absolute atomic E-state index is 0.00912. The number of primary sulfonamides is 1. The third-order valence-electron chi connectivity index (χ3n) is 2.29. The molecule has 0 aliphatic heterocycles. The van der Waals surface area contributed by atoms with E-state index in [0.717, 1.165) is 5.56 Å². The van der Waals surface area contributed by atoms with Crippen LogP contribution in [0.2, 0.25) is 0 Å². The highest BCUT2D eigenvalue weighted by Gasteiger charge is 2.11. The molecule has 17 heavy (non-hydrogen) atoms. The first kappa shape index (κ1) is 11.6. The molecular formula is C10H12N4O2S. The summed E-state index contributed by atoms with van der Waals surface area (Å²) < 4.78 is 24.0. The molecule has 0 saturated carbocycles. The van der Waals surface area contributed by atoms with Gasteiger partial charge in [-0.15, -0.1) is 0 Å². The lowest BCUT2D eigenvalue weighted by atomic mass is 10.3. The maximum atomic E-state index is 11.2. The Balaban J connectivity index is 2.62. The first-order chi connectivity index (χ1) is 7.88. The molecule has 90 valence electrons. The van der Waals surface area contributed by atoms with Gasteiger partial charge in [0.05, 0.1) is 22.5 Å². The van der Waals surface area contributed by atoms with Crippen LogP contribution in [0, 0.1) is 6.92 Å². The van der Waals surface area contributed by atoms with E-state index in [0.29, 0.717) is 11.4 Å². The fraction of sp³-hybridized carbons (Fsp3) is 0.100. The van der Waals surface area contributed by atoms with Crippen LogP contribution >= 0.6 is 0 Å². The average molecular weight is 252 g/mol. The van der Waals surface area contributed by atoms with E-state index in [2.05, 4.69) is 5.10 Å². The fourth-order valence-electron chi connectivity index (χ4n) is 1.44. The van der Waals surface area contributed by atoms with Crippen molar-refractivity contribution < 1.29 is 8.42 Å². The van der Waals surface area contributed by atoms with Crippen molar-refractivity contribution in [2.24, 2.45) is 5.14 Å². The second-order valence-corrected chi connectivity index (χ2v) is 5.29. The SMILES string of the molecule is Cc1cnn(-c2cc(S(N)(=O)=O)ccc2N)c1. The van der Waals surface area contributed by atoms with Crippen molar-refractivity contribution in [3.63, 3.8) is 0 Å². The number of benzene rings is 1. The molecular weight excluding hydrogens is 240 g/mol. The number of nitrogen functional groups attached to an aromatic ring is 1. The largest absolute Gasteiger partial charge is 0.397 e. The standard InChI is InChI=1S/C10H12N4O2S/c1-7-5-13-14(6-7)10-4-8(17(12,15)16)2-3-9(10)11/h2-6H,11H2,1H3,(H2,12,15,16). The van der Waals surface area contributed by atoms with E-state index < -0.39 is 10.0 Å². The van der Waals surface area contributed by atoms with Crippen molar-refractivity contribution in [1.29, 1.82) is 0 Å². The van der Waals surface area contributed by atoms with Gasteiger partial charge in [-0.2, -0.15) is 5.10 Å². The highest BCUT2D eigenvalue weighted by atomic mass is 32.2. The maximum Gasteiger partial charge on any atom is 0.238 e. The number of hydrogen-bond acceptors (Lipinski definition) is 4. The molecule has 1 aromatic heterocycles. The molecule has 0 aliphatic rings. The number of nitrogens with zero attached hydrogens (tertiary/aromatic N) is 2. The van der Waals surface area contributed by atoms with Gasteiger partial charge in [-0.05, 0) is 30.7 Å². The first-order valence-corrected chi connectivity index (χ1v) is 6.36. The molecule has 0 spiro atoms. The second kappa shape index (κ2) is 3.86. The Kier molecular flexibility index (Phi) is 2.64. The van der Waals surface area contributed by atoms with Gasteiger partial charge in [-0.25, -0.2) is 18.2 Å². The minimum Gasteiger partial charge on any atom is -0.397 e. The third kappa shape index (κ3) is 2.29. The summed E-state index contributed by atoms with van der Waals surface area (Å²) in [7, 11) is -3.74. The number of sulfonamides is 1. The Hall–Kier alpha value is -1.86. The third-order valence-corrected chi connectivity index (χ3v) is 3.20. The monoisotopic (exact) mass is 252 g/mol. The molecule has 0 unspecified atom stereocenters. The quantitative estimate of drug-likeness (QED) is 0.755. The molecule has 1 heterocycles. The van der Waals surface area contributed by atoms with E-state index in [1.54, 1.807) is 12.4 Å². The molecule has 7 heteroatoms. The highest BCUT2D eigenvalue weighted by Crippen LogP contribution is 2.20. The van der Waals surface area contributed by atoms with Gasteiger partial charge in [-0.3, -0.25) is 0 Å². The van der Waals surface area contributed by atoms with Crippen molar-refractivity contribution in [2.45, 2.75) is 11.8 Å². The van der Waals surface area contributed by atoms with E-state index in [1.165, 1.54) is 22.9 Å². The molecule has 1 aromatic carbocycles. The van der Waals surface area contributed by atoms with E-state index in [-0.39, 0.29) is 4.90 Å². The summed E-state index contributed by atoms with van der Waals surface area (Å²) in [5, 5.41) is 9.13. The van der Waals surface area contributed by atoms with Gasteiger partial charge in [-0.1, -0.05) is 0 Å². The number of nitrogens with two attached hydrogens (primary N) is 2. The van der Waals surface area contributed by atoms with Crippen LogP contribution in [-0.4, -0.2) is 18.2 Å². The van der Waals surface area contributed by atoms with Crippen LogP contribution in [0.15, 0.2) is 35.5 Å². The fourth-order valence-corrected chi connectivity index (χ4v) is 1.98. The molecule has 2 rings (SSSR count). The van der Waals surface area contributed by atoms with Crippen LogP contribution in [0.3, 0.4) is 0 Å². The normalized spacial score (nSPS) is 11.6. The zero-order chi connectivity index (χ0) is 12.6. The van der Waals surface area contributed by atoms with Gasteiger partial charge >= 0.3 is 0 Å². The molecule has 6 nitrogen and oxygen atoms in total. The smallest absolute Gasteiger partial charge is 0.238 e. The van der Waals surface area contributed by atoms with Gasteiger partial charge in [0.1, 0.15) is 0 Å². The number of rotatable bonds is 2. The van der Waals surface area contributed by atoms with Crippen molar-refractivity contribution >= 4 is 15.7 Å². The van der Waals surface area contributed by atoms with Gasteiger partial charge < -0.3 is 5.73 Å². The Morgan fingerprint density at radius 2 is 2.06 bits per heavy atom. The molecule has 0 fully saturated rings. The summed E-state index contributed by atoms with van der Waals surface area (Å²) in [5.74, 6) is 0. The van der Waals surface area contributed by atoms with E-state index in [4.69, 9.17) is 10.9 Å². The molecule has 0 bridgehead atoms. The summed E-state index contributed by atoms with van der Waals surface area (Å²) in [6.45, 7) is 1.88. The summed E-state index contributed by atoms with van der Waals surface area (Å²) in [4.78, 5) is 0.00912. The van der Waals surface area contributed by atoms with Crippen LogP contribution in [0.1, 0.15) is 5.56 Å². The Bertz CT molecular complexity index is 661. The highest BCUT2D eigenvalue weighted by molar-refractivity contribution is 7.89. The van der Waals surface area contributed by atoms with Crippen LogP contribution in [0.25, 0.3) is 5.69 Å². The first-order valence-electron chi connectivity index (χ1n) is 4.82. The van der Waals surface area contributed by atoms with Crippen molar-refractivity contribution in [1.82, 2.24) is 9.78 Å².